The van der Waals surface area contributed by atoms with Crippen LogP contribution in [0.1, 0.15) is 21.5 Å². The van der Waals surface area contributed by atoms with Crippen LogP contribution >= 0.6 is 11.6 Å². The number of hydrogen-bond donors (Lipinski definition) is 2. The Kier molecular flexibility index (Phi) is 7.48. The van der Waals surface area contributed by atoms with Crippen LogP contribution in [0.2, 0.25) is 5.02 Å². The highest BCUT2D eigenvalue weighted by Crippen LogP contribution is 2.17. The van der Waals surface area contributed by atoms with Crippen LogP contribution in [-0.2, 0) is 13.1 Å². The van der Waals surface area contributed by atoms with Gasteiger partial charge in [-0.3, -0.25) is 9.59 Å². The highest BCUT2D eigenvalue weighted by atomic mass is 35.5. The van der Waals surface area contributed by atoms with E-state index >= 15 is 0 Å². The second-order valence-corrected chi connectivity index (χ2v) is 7.77. The normalized spacial score (nSPS) is 10.7. The first-order valence-electron chi connectivity index (χ1n) is 9.84. The van der Waals surface area contributed by atoms with E-state index in [-0.39, 0.29) is 24.1 Å². The number of rotatable bonds is 6. The fraction of sp³-hybridized carbons (Fsp3) is 0.250. The molecular formula is C24H24ClN3O3. The van der Waals surface area contributed by atoms with E-state index in [4.69, 9.17) is 16.7 Å². The molecule has 1 aromatic heterocycles. The number of nitrogens with one attached hydrogen (secondary N) is 1. The van der Waals surface area contributed by atoms with Crippen molar-refractivity contribution in [2.45, 2.75) is 13.1 Å². The van der Waals surface area contributed by atoms with E-state index in [1.54, 1.807) is 24.4 Å². The maximum absolute atomic E-state index is 13.3. The monoisotopic (exact) mass is 437 g/mol. The standard InChI is InChI=1S/C24H24ClN3O3/c1-27(2)12-13-28-16-20(24(31)26-15-17-8-10-19(25)11-9-17)23(30)22-18(6-4-14-29)5-3-7-21(22)28/h3,5,7-11,16,29H,12-15H2,1-2H3,(H,26,31). The van der Waals surface area contributed by atoms with Crippen LogP contribution in [-0.4, -0.2) is 47.7 Å². The van der Waals surface area contributed by atoms with Crippen LogP contribution in [0.25, 0.3) is 10.9 Å². The molecule has 2 aromatic carbocycles. The maximum atomic E-state index is 13.3. The van der Waals surface area contributed by atoms with E-state index in [1.807, 2.05) is 47.8 Å². The molecule has 6 nitrogen and oxygen atoms in total. The van der Waals surface area contributed by atoms with Crippen molar-refractivity contribution in [2.75, 3.05) is 27.2 Å². The average Bonchev–Trinajstić information content (AvgIpc) is 2.76. The zero-order chi connectivity index (χ0) is 22.4. The largest absolute Gasteiger partial charge is 0.384 e. The van der Waals surface area contributed by atoms with Gasteiger partial charge >= 0.3 is 0 Å². The molecule has 1 amide bonds. The highest BCUT2D eigenvalue weighted by Gasteiger charge is 2.17. The van der Waals surface area contributed by atoms with Gasteiger partial charge in [0.05, 0.1) is 10.9 Å². The number of amides is 1. The minimum absolute atomic E-state index is 0.0541. The van der Waals surface area contributed by atoms with Crippen molar-refractivity contribution in [1.29, 1.82) is 0 Å². The van der Waals surface area contributed by atoms with E-state index in [2.05, 4.69) is 17.2 Å². The topological polar surface area (TPSA) is 74.6 Å². The van der Waals surface area contributed by atoms with Gasteiger partial charge in [-0.2, -0.15) is 0 Å². The van der Waals surface area contributed by atoms with Gasteiger partial charge in [0, 0.05) is 36.4 Å². The molecule has 2 N–H and O–H groups in total. The summed E-state index contributed by atoms with van der Waals surface area (Å²) in [5, 5.41) is 12.9. The summed E-state index contributed by atoms with van der Waals surface area (Å²) in [7, 11) is 3.92. The number of aliphatic hydroxyl groups excluding tert-OH is 1. The van der Waals surface area contributed by atoms with Gasteiger partial charge in [-0.05, 0) is 43.9 Å². The number of fused-ring (bicyclic) bond motifs is 1. The van der Waals surface area contributed by atoms with Crippen molar-refractivity contribution in [3.05, 3.63) is 80.6 Å². The first kappa shape index (κ1) is 22.6. The molecule has 0 unspecified atom stereocenters. The van der Waals surface area contributed by atoms with Gasteiger partial charge in [0.1, 0.15) is 12.2 Å². The van der Waals surface area contributed by atoms with Gasteiger partial charge in [0.2, 0.25) is 5.43 Å². The Hall–Kier alpha value is -3.11. The summed E-state index contributed by atoms with van der Waals surface area (Å²) in [4.78, 5) is 28.2. The molecule has 0 spiro atoms. The van der Waals surface area contributed by atoms with Crippen molar-refractivity contribution in [2.24, 2.45) is 0 Å². The van der Waals surface area contributed by atoms with Crippen molar-refractivity contribution in [3.8, 4) is 11.8 Å². The minimum Gasteiger partial charge on any atom is -0.384 e. The zero-order valence-electron chi connectivity index (χ0n) is 17.5. The third kappa shape index (κ3) is 5.53. The van der Waals surface area contributed by atoms with Gasteiger partial charge in [-0.25, -0.2) is 0 Å². The maximum Gasteiger partial charge on any atom is 0.257 e. The second-order valence-electron chi connectivity index (χ2n) is 7.34. The molecule has 0 saturated carbocycles. The number of carbonyl (C=O) groups excluding carboxylic acids is 1. The van der Waals surface area contributed by atoms with Crippen LogP contribution in [0.4, 0.5) is 0 Å². The van der Waals surface area contributed by atoms with Gasteiger partial charge in [0.25, 0.3) is 5.91 Å². The van der Waals surface area contributed by atoms with Crippen LogP contribution in [0.5, 0.6) is 0 Å². The van der Waals surface area contributed by atoms with Gasteiger partial charge < -0.3 is 19.9 Å². The lowest BCUT2D eigenvalue weighted by atomic mass is 10.0. The quantitative estimate of drug-likeness (QED) is 0.581. The Morgan fingerprint density at radius 1 is 1.19 bits per heavy atom. The molecule has 160 valence electrons. The molecular weight excluding hydrogens is 414 g/mol. The van der Waals surface area contributed by atoms with Gasteiger partial charge in [0.15, 0.2) is 0 Å². The van der Waals surface area contributed by atoms with Gasteiger partial charge in [-0.1, -0.05) is 41.6 Å². The summed E-state index contributed by atoms with van der Waals surface area (Å²) < 4.78 is 1.90. The molecule has 0 saturated heterocycles. The molecule has 3 rings (SSSR count). The van der Waals surface area contributed by atoms with Crippen LogP contribution < -0.4 is 10.7 Å². The molecule has 31 heavy (non-hydrogen) atoms. The molecule has 0 atom stereocenters. The van der Waals surface area contributed by atoms with Crippen molar-refractivity contribution in [3.63, 3.8) is 0 Å². The SMILES string of the molecule is CN(C)CCn1cc(C(=O)NCc2ccc(Cl)cc2)c(=O)c2c(C#CCO)cccc21. The van der Waals surface area contributed by atoms with E-state index in [9.17, 15) is 9.59 Å². The second kappa shape index (κ2) is 10.3. The lowest BCUT2D eigenvalue weighted by Crippen LogP contribution is -2.30. The summed E-state index contributed by atoms with van der Waals surface area (Å²) in [5.41, 5.74) is 1.74. The zero-order valence-corrected chi connectivity index (χ0v) is 18.2. The van der Waals surface area contributed by atoms with E-state index < -0.39 is 5.91 Å². The number of carbonyl (C=O) groups is 1. The number of halogens is 1. The molecule has 0 aliphatic rings. The first-order valence-corrected chi connectivity index (χ1v) is 10.2. The Morgan fingerprint density at radius 3 is 2.61 bits per heavy atom. The highest BCUT2D eigenvalue weighted by molar-refractivity contribution is 6.30. The molecule has 0 aliphatic heterocycles. The number of likely N-dealkylation sites (N-methyl/N-ethyl adjacent to an activating group) is 1. The van der Waals surface area contributed by atoms with Crippen molar-refractivity contribution >= 4 is 28.4 Å². The predicted octanol–water partition coefficient (Wildman–Crippen LogP) is 2.49. The smallest absolute Gasteiger partial charge is 0.257 e. The number of pyridine rings is 1. The number of hydrogen-bond acceptors (Lipinski definition) is 4. The molecule has 0 radical (unpaired) electrons. The van der Waals surface area contributed by atoms with E-state index in [0.29, 0.717) is 28.0 Å². The minimum atomic E-state index is -0.453. The Bertz CT molecular complexity index is 1200. The summed E-state index contributed by atoms with van der Waals surface area (Å²) in [5.74, 6) is 4.97. The third-order valence-corrected chi connectivity index (χ3v) is 5.06. The fourth-order valence-electron chi connectivity index (χ4n) is 3.21. The molecule has 1 heterocycles. The van der Waals surface area contributed by atoms with Gasteiger partial charge in [-0.15, -0.1) is 0 Å². The molecule has 3 aromatic rings. The number of nitrogens with zero attached hydrogens (tertiary/aromatic N) is 2. The predicted molar refractivity (Wildman–Crippen MR) is 123 cm³/mol. The number of aliphatic hydroxyl groups is 1. The Morgan fingerprint density at radius 2 is 1.94 bits per heavy atom. The Labute approximate surface area is 186 Å². The molecule has 7 heteroatoms. The van der Waals surface area contributed by atoms with Crippen LogP contribution in [0, 0.1) is 11.8 Å². The first-order chi connectivity index (χ1) is 14.9. The molecule has 0 bridgehead atoms. The lowest BCUT2D eigenvalue weighted by Gasteiger charge is -2.17. The third-order valence-electron chi connectivity index (χ3n) is 4.81. The van der Waals surface area contributed by atoms with Crippen molar-refractivity contribution in [1.82, 2.24) is 14.8 Å². The average molecular weight is 438 g/mol. The summed E-state index contributed by atoms with van der Waals surface area (Å²) in [6.07, 6.45) is 1.61. The lowest BCUT2D eigenvalue weighted by molar-refractivity contribution is 0.0949. The summed E-state index contributed by atoms with van der Waals surface area (Å²) in [6, 6.07) is 12.5. The summed E-state index contributed by atoms with van der Waals surface area (Å²) in [6.45, 7) is 1.29. The van der Waals surface area contributed by atoms with Crippen LogP contribution in [0.3, 0.4) is 0 Å². The molecule has 0 fully saturated rings. The van der Waals surface area contributed by atoms with Crippen LogP contribution in [0.15, 0.2) is 53.5 Å². The number of benzene rings is 2. The summed E-state index contributed by atoms with van der Waals surface area (Å²) >= 11 is 5.91. The fourth-order valence-corrected chi connectivity index (χ4v) is 3.34. The van der Waals surface area contributed by atoms with Crippen molar-refractivity contribution < 1.29 is 9.90 Å². The molecule has 0 aliphatic carbocycles. The Balaban J connectivity index is 2.04. The van der Waals surface area contributed by atoms with E-state index in [1.165, 1.54) is 0 Å². The number of aromatic nitrogens is 1. The van der Waals surface area contributed by atoms with E-state index in [0.717, 1.165) is 12.1 Å².